The number of aliphatic hydroxyl groups is 1. The van der Waals surface area contributed by atoms with Crippen molar-refractivity contribution in [1.29, 1.82) is 0 Å². The maximum Gasteiger partial charge on any atom is 0.252 e. The van der Waals surface area contributed by atoms with E-state index in [1.165, 1.54) is 0 Å². The van der Waals surface area contributed by atoms with Crippen LogP contribution >= 0.6 is 0 Å². The molecule has 3 N–H and O–H groups in total. The quantitative estimate of drug-likeness (QED) is 0.653. The number of hydrogen-bond acceptors (Lipinski definition) is 2. The Balaban J connectivity index is 1.84. The van der Waals surface area contributed by atoms with Gasteiger partial charge >= 0.3 is 0 Å². The minimum absolute atomic E-state index is 0.0954. The summed E-state index contributed by atoms with van der Waals surface area (Å²) in [5, 5.41) is 13.1. The number of fused-ring (bicyclic) bond motifs is 1. The molecule has 0 bridgehead atoms. The van der Waals surface area contributed by atoms with Crippen molar-refractivity contribution in [2.24, 2.45) is 0 Å². The van der Waals surface area contributed by atoms with Crippen LogP contribution in [0.1, 0.15) is 34.8 Å². The van der Waals surface area contributed by atoms with Crippen molar-refractivity contribution in [1.82, 2.24) is 10.3 Å². The van der Waals surface area contributed by atoms with Gasteiger partial charge in [-0.15, -0.1) is 0 Å². The topological polar surface area (TPSA) is 65.1 Å². The van der Waals surface area contributed by atoms with Crippen molar-refractivity contribution >= 4 is 16.8 Å². The first-order chi connectivity index (χ1) is 11.3. The number of aromatic nitrogens is 1. The largest absolute Gasteiger partial charge is 0.396 e. The van der Waals surface area contributed by atoms with Crippen LogP contribution in [0.4, 0.5) is 0 Å². The number of aliphatic hydroxyl groups excluding tert-OH is 1. The Kier molecular flexibility index (Phi) is 4.74. The molecule has 23 heavy (non-hydrogen) atoms. The van der Waals surface area contributed by atoms with Gasteiger partial charge in [0.05, 0.1) is 6.04 Å². The van der Waals surface area contributed by atoms with Gasteiger partial charge in [0.25, 0.3) is 5.91 Å². The first kappa shape index (κ1) is 15.3. The summed E-state index contributed by atoms with van der Waals surface area (Å²) in [4.78, 5) is 15.8. The lowest BCUT2D eigenvalue weighted by molar-refractivity contribution is 0.0934. The fourth-order valence-corrected chi connectivity index (χ4v) is 2.82. The first-order valence-electron chi connectivity index (χ1n) is 7.82. The van der Waals surface area contributed by atoms with Gasteiger partial charge in [0.15, 0.2) is 0 Å². The van der Waals surface area contributed by atoms with E-state index in [1.807, 2.05) is 60.8 Å². The van der Waals surface area contributed by atoms with Gasteiger partial charge in [-0.1, -0.05) is 36.4 Å². The van der Waals surface area contributed by atoms with Crippen LogP contribution in [-0.4, -0.2) is 22.6 Å². The minimum atomic E-state index is -0.106. The van der Waals surface area contributed by atoms with Crippen LogP contribution in [0.2, 0.25) is 0 Å². The summed E-state index contributed by atoms with van der Waals surface area (Å²) >= 11 is 0. The lowest BCUT2D eigenvalue weighted by Gasteiger charge is -2.19. The zero-order valence-corrected chi connectivity index (χ0v) is 12.8. The van der Waals surface area contributed by atoms with Crippen LogP contribution in [0, 0.1) is 0 Å². The molecule has 0 radical (unpaired) electrons. The van der Waals surface area contributed by atoms with E-state index in [-0.39, 0.29) is 18.6 Å². The second-order valence-corrected chi connectivity index (χ2v) is 5.55. The lowest BCUT2D eigenvalue weighted by atomic mass is 10.0. The maximum atomic E-state index is 12.7. The molecular weight excluding hydrogens is 288 g/mol. The number of hydrogen-bond donors (Lipinski definition) is 3. The molecule has 3 aromatic rings. The van der Waals surface area contributed by atoms with E-state index < -0.39 is 0 Å². The zero-order valence-electron chi connectivity index (χ0n) is 12.8. The highest BCUT2D eigenvalue weighted by molar-refractivity contribution is 6.06. The van der Waals surface area contributed by atoms with Gasteiger partial charge in [0.2, 0.25) is 0 Å². The smallest absolute Gasteiger partial charge is 0.252 e. The van der Waals surface area contributed by atoms with E-state index in [2.05, 4.69) is 10.3 Å². The Labute approximate surface area is 135 Å². The molecule has 1 heterocycles. The third-order valence-corrected chi connectivity index (χ3v) is 4.00. The Morgan fingerprint density at radius 2 is 1.91 bits per heavy atom. The van der Waals surface area contributed by atoms with E-state index in [9.17, 15) is 4.79 Å². The molecule has 1 atom stereocenters. The molecule has 1 unspecified atom stereocenters. The number of aromatic amines is 1. The summed E-state index contributed by atoms with van der Waals surface area (Å²) in [5.74, 6) is -0.0954. The highest BCUT2D eigenvalue weighted by Gasteiger charge is 2.17. The van der Waals surface area contributed by atoms with Gasteiger partial charge in [-0.2, -0.15) is 0 Å². The minimum Gasteiger partial charge on any atom is -0.396 e. The van der Waals surface area contributed by atoms with Crippen molar-refractivity contribution in [2.75, 3.05) is 6.61 Å². The molecule has 1 amide bonds. The summed E-state index contributed by atoms with van der Waals surface area (Å²) < 4.78 is 0. The van der Waals surface area contributed by atoms with Crippen LogP contribution in [0.3, 0.4) is 0 Å². The fourth-order valence-electron chi connectivity index (χ4n) is 2.82. The van der Waals surface area contributed by atoms with Crippen molar-refractivity contribution in [3.8, 4) is 0 Å². The highest BCUT2D eigenvalue weighted by Crippen LogP contribution is 2.21. The summed E-state index contributed by atoms with van der Waals surface area (Å²) in [5.41, 5.74) is 2.66. The molecule has 0 saturated carbocycles. The molecular formula is C19H20N2O2. The molecule has 0 aliphatic carbocycles. The lowest BCUT2D eigenvalue weighted by Crippen LogP contribution is -2.28. The summed E-state index contributed by atoms with van der Waals surface area (Å²) in [7, 11) is 0. The molecule has 2 aromatic carbocycles. The SMILES string of the molecule is O=C(NC(CCCO)c1ccccc1)c1cccc2[nH]ccc12. The molecule has 4 nitrogen and oxygen atoms in total. The number of carbonyl (C=O) groups excluding carboxylic acids is 1. The maximum absolute atomic E-state index is 12.7. The molecule has 0 aliphatic rings. The number of carbonyl (C=O) groups is 1. The molecule has 118 valence electrons. The molecule has 0 saturated heterocycles. The normalized spacial score (nSPS) is 12.2. The van der Waals surface area contributed by atoms with Crippen molar-refractivity contribution in [2.45, 2.75) is 18.9 Å². The summed E-state index contributed by atoms with van der Waals surface area (Å²) in [6.07, 6.45) is 3.19. The van der Waals surface area contributed by atoms with Crippen LogP contribution in [0.25, 0.3) is 10.9 Å². The second kappa shape index (κ2) is 7.11. The number of rotatable bonds is 6. The molecule has 0 spiro atoms. The van der Waals surface area contributed by atoms with E-state index >= 15 is 0 Å². The van der Waals surface area contributed by atoms with E-state index in [0.29, 0.717) is 18.4 Å². The Hall–Kier alpha value is -2.59. The number of benzene rings is 2. The third kappa shape index (κ3) is 3.43. The standard InChI is InChI=1S/C19H20N2O2/c22-13-5-10-17(14-6-2-1-3-7-14)21-19(23)16-8-4-9-18-15(16)11-12-20-18/h1-4,6-9,11-12,17,20,22H,5,10,13H2,(H,21,23). The number of amides is 1. The number of nitrogens with one attached hydrogen (secondary N) is 2. The first-order valence-corrected chi connectivity index (χ1v) is 7.82. The van der Waals surface area contributed by atoms with E-state index in [4.69, 9.17) is 5.11 Å². The second-order valence-electron chi connectivity index (χ2n) is 5.55. The van der Waals surface area contributed by atoms with Crippen LogP contribution in [0.5, 0.6) is 0 Å². The van der Waals surface area contributed by atoms with Gasteiger partial charge in [0.1, 0.15) is 0 Å². The van der Waals surface area contributed by atoms with Gasteiger partial charge in [0, 0.05) is 29.3 Å². The van der Waals surface area contributed by atoms with Crippen LogP contribution < -0.4 is 5.32 Å². The van der Waals surface area contributed by atoms with Gasteiger partial charge < -0.3 is 15.4 Å². The molecule has 0 fully saturated rings. The molecule has 4 heteroatoms. The predicted molar refractivity (Wildman–Crippen MR) is 91.3 cm³/mol. The van der Waals surface area contributed by atoms with Crippen molar-refractivity contribution < 1.29 is 9.90 Å². The van der Waals surface area contributed by atoms with E-state index in [1.54, 1.807) is 0 Å². The highest BCUT2D eigenvalue weighted by atomic mass is 16.3. The Morgan fingerprint density at radius 3 is 2.70 bits per heavy atom. The van der Waals surface area contributed by atoms with Gasteiger partial charge in [-0.25, -0.2) is 0 Å². The van der Waals surface area contributed by atoms with E-state index in [0.717, 1.165) is 16.5 Å². The monoisotopic (exact) mass is 308 g/mol. The van der Waals surface area contributed by atoms with Crippen molar-refractivity contribution in [3.63, 3.8) is 0 Å². The third-order valence-electron chi connectivity index (χ3n) is 4.00. The number of H-pyrrole nitrogens is 1. The summed E-state index contributed by atoms with van der Waals surface area (Å²) in [6, 6.07) is 17.3. The Bertz CT molecular complexity index is 780. The van der Waals surface area contributed by atoms with Gasteiger partial charge in [-0.05, 0) is 36.6 Å². The molecule has 1 aromatic heterocycles. The summed E-state index contributed by atoms with van der Waals surface area (Å²) in [6.45, 7) is 0.118. The average molecular weight is 308 g/mol. The van der Waals surface area contributed by atoms with Crippen LogP contribution in [-0.2, 0) is 0 Å². The van der Waals surface area contributed by atoms with Crippen LogP contribution in [0.15, 0.2) is 60.8 Å². The Morgan fingerprint density at radius 1 is 1.09 bits per heavy atom. The molecule has 0 aliphatic heterocycles. The predicted octanol–water partition coefficient (Wildman–Crippen LogP) is 3.41. The molecule has 3 rings (SSSR count). The van der Waals surface area contributed by atoms with Gasteiger partial charge in [-0.3, -0.25) is 4.79 Å². The fraction of sp³-hybridized carbons (Fsp3) is 0.211. The van der Waals surface area contributed by atoms with Crippen molar-refractivity contribution in [3.05, 3.63) is 71.9 Å². The average Bonchev–Trinajstić information content (AvgIpc) is 3.07. The zero-order chi connectivity index (χ0) is 16.1.